The van der Waals surface area contributed by atoms with Gasteiger partial charge in [0.05, 0.1) is 16.5 Å². The number of carbonyl (C=O) groups excluding carboxylic acids is 1. The van der Waals surface area contributed by atoms with Crippen LogP contribution in [0, 0.1) is 11.3 Å². The summed E-state index contributed by atoms with van der Waals surface area (Å²) in [6, 6.07) is 5.81. The van der Waals surface area contributed by atoms with Gasteiger partial charge >= 0.3 is 0 Å². The Morgan fingerprint density at radius 3 is 2.44 bits per heavy atom. The first-order valence-electron chi connectivity index (χ1n) is 4.44. The maximum atomic E-state index is 12.6. The molecule has 0 fully saturated rings. The van der Waals surface area contributed by atoms with Crippen molar-refractivity contribution in [3.05, 3.63) is 34.9 Å². The summed E-state index contributed by atoms with van der Waals surface area (Å²) in [6.45, 7) is 1.33. The topological polar surface area (TPSA) is 40.9 Å². The van der Waals surface area contributed by atoms with Gasteiger partial charge in [0.15, 0.2) is 0 Å². The van der Waals surface area contributed by atoms with E-state index in [4.69, 9.17) is 5.26 Å². The maximum Gasteiger partial charge on any atom is 0.265 e. The molecule has 0 saturated heterocycles. The van der Waals surface area contributed by atoms with Crippen LogP contribution in [0.2, 0.25) is 0 Å². The van der Waals surface area contributed by atoms with Crippen molar-refractivity contribution in [1.29, 1.82) is 5.26 Å². The average Bonchev–Trinajstić information content (AvgIpc) is 2.26. The van der Waals surface area contributed by atoms with Crippen molar-refractivity contribution in [3.8, 4) is 6.07 Å². The summed E-state index contributed by atoms with van der Waals surface area (Å²) < 4.78 is 25.2. The third-order valence-electron chi connectivity index (χ3n) is 2.11. The number of hydrogen-bond acceptors (Lipinski definition) is 2. The number of hydrogen-bond donors (Lipinski definition) is 0. The highest BCUT2D eigenvalue weighted by molar-refractivity contribution is 9.09. The smallest absolute Gasteiger partial charge is 0.265 e. The standard InChI is InChI=1S/C11H8BrF2NO/c1-6(16)10(12)7-3-2-4-8(11(13)14)9(7)5-15/h2-4,10-11H,1H3. The number of rotatable bonds is 3. The lowest BCUT2D eigenvalue weighted by atomic mass is 9.98. The first kappa shape index (κ1) is 12.8. The van der Waals surface area contributed by atoms with Crippen molar-refractivity contribution < 1.29 is 13.6 Å². The molecule has 0 bridgehead atoms. The summed E-state index contributed by atoms with van der Waals surface area (Å²) in [7, 11) is 0. The fourth-order valence-corrected chi connectivity index (χ4v) is 1.71. The number of ketones is 1. The van der Waals surface area contributed by atoms with Crippen molar-refractivity contribution in [1.82, 2.24) is 0 Å². The molecule has 0 heterocycles. The third-order valence-corrected chi connectivity index (χ3v) is 3.24. The molecule has 1 rings (SSSR count). The molecule has 0 N–H and O–H groups in total. The molecule has 84 valence electrons. The second-order valence-electron chi connectivity index (χ2n) is 3.20. The van der Waals surface area contributed by atoms with Crippen molar-refractivity contribution in [3.63, 3.8) is 0 Å². The van der Waals surface area contributed by atoms with E-state index >= 15 is 0 Å². The lowest BCUT2D eigenvalue weighted by molar-refractivity contribution is -0.116. The van der Waals surface area contributed by atoms with Gasteiger partial charge in [-0.3, -0.25) is 4.79 Å². The van der Waals surface area contributed by atoms with E-state index < -0.39 is 11.3 Å². The SMILES string of the molecule is CC(=O)C(Br)c1cccc(C(F)F)c1C#N. The molecule has 1 aromatic rings. The molecule has 0 aromatic heterocycles. The van der Waals surface area contributed by atoms with E-state index in [0.717, 1.165) is 0 Å². The van der Waals surface area contributed by atoms with Crippen LogP contribution in [0.1, 0.15) is 34.9 Å². The molecular formula is C11H8BrF2NO. The minimum absolute atomic E-state index is 0.130. The first-order valence-corrected chi connectivity index (χ1v) is 5.36. The van der Waals surface area contributed by atoms with Crippen molar-refractivity contribution in [2.24, 2.45) is 0 Å². The van der Waals surface area contributed by atoms with Crippen LogP contribution in [0.3, 0.4) is 0 Å². The second kappa shape index (κ2) is 5.17. The Hall–Kier alpha value is -1.28. The van der Waals surface area contributed by atoms with E-state index in [-0.39, 0.29) is 22.5 Å². The predicted octanol–water partition coefficient (Wildman–Crippen LogP) is 3.52. The minimum atomic E-state index is -2.72. The Labute approximate surface area is 100 Å². The van der Waals surface area contributed by atoms with Gasteiger partial charge in [0.25, 0.3) is 6.43 Å². The van der Waals surface area contributed by atoms with Gasteiger partial charge in [0.1, 0.15) is 5.78 Å². The van der Waals surface area contributed by atoms with Crippen LogP contribution in [0.15, 0.2) is 18.2 Å². The molecule has 1 unspecified atom stereocenters. The molecule has 0 aliphatic carbocycles. The number of nitrogens with zero attached hydrogens (tertiary/aromatic N) is 1. The zero-order valence-corrected chi connectivity index (χ0v) is 9.96. The molecule has 0 saturated carbocycles. The van der Waals surface area contributed by atoms with E-state index in [9.17, 15) is 13.6 Å². The molecule has 16 heavy (non-hydrogen) atoms. The normalized spacial score (nSPS) is 12.2. The highest BCUT2D eigenvalue weighted by atomic mass is 79.9. The van der Waals surface area contributed by atoms with Gasteiger partial charge in [0, 0.05) is 5.56 Å². The predicted molar refractivity (Wildman–Crippen MR) is 58.5 cm³/mol. The Kier molecular flexibility index (Phi) is 4.13. The molecule has 0 aliphatic heterocycles. The van der Waals surface area contributed by atoms with E-state index in [2.05, 4.69) is 15.9 Å². The van der Waals surface area contributed by atoms with Crippen molar-refractivity contribution in [2.75, 3.05) is 0 Å². The molecule has 0 radical (unpaired) electrons. The number of Topliss-reactive ketones (excluding diaryl/α,β-unsaturated/α-hetero) is 1. The highest BCUT2D eigenvalue weighted by Gasteiger charge is 2.21. The van der Waals surface area contributed by atoms with Crippen LogP contribution in [-0.2, 0) is 4.79 Å². The van der Waals surface area contributed by atoms with Crippen LogP contribution in [0.25, 0.3) is 0 Å². The van der Waals surface area contributed by atoms with Crippen LogP contribution < -0.4 is 0 Å². The monoisotopic (exact) mass is 287 g/mol. The summed E-state index contributed by atoms with van der Waals surface area (Å²) in [5.41, 5.74) is -0.187. The molecule has 0 amide bonds. The van der Waals surface area contributed by atoms with Crippen molar-refractivity contribution >= 4 is 21.7 Å². The second-order valence-corrected chi connectivity index (χ2v) is 4.11. The van der Waals surface area contributed by atoms with Gasteiger partial charge in [-0.25, -0.2) is 8.78 Å². The lowest BCUT2D eigenvalue weighted by Crippen LogP contribution is -2.05. The largest absolute Gasteiger partial charge is 0.298 e. The van der Waals surface area contributed by atoms with Gasteiger partial charge in [-0.1, -0.05) is 34.1 Å². The molecule has 0 aliphatic rings. The molecule has 1 atom stereocenters. The Balaban J connectivity index is 3.36. The van der Waals surface area contributed by atoms with E-state index in [1.165, 1.54) is 25.1 Å². The summed E-state index contributed by atoms with van der Waals surface area (Å²) in [5.74, 6) is -0.233. The maximum absolute atomic E-state index is 12.6. The first-order chi connectivity index (χ1) is 7.49. The quantitative estimate of drug-likeness (QED) is 0.798. The Bertz CT molecular complexity index is 454. The zero-order chi connectivity index (χ0) is 12.3. The number of carbonyl (C=O) groups is 1. The fourth-order valence-electron chi connectivity index (χ4n) is 1.33. The number of benzene rings is 1. The minimum Gasteiger partial charge on any atom is -0.298 e. The van der Waals surface area contributed by atoms with Gasteiger partial charge in [-0.15, -0.1) is 0 Å². The third kappa shape index (κ3) is 2.45. The van der Waals surface area contributed by atoms with Gasteiger partial charge < -0.3 is 0 Å². The van der Waals surface area contributed by atoms with Crippen LogP contribution in [-0.4, -0.2) is 5.78 Å². The average molecular weight is 288 g/mol. The summed E-state index contributed by atoms with van der Waals surface area (Å²) in [4.78, 5) is 10.4. The molecular weight excluding hydrogens is 280 g/mol. The fraction of sp³-hybridized carbons (Fsp3) is 0.273. The number of nitriles is 1. The van der Waals surface area contributed by atoms with E-state index in [1.807, 2.05) is 0 Å². The Morgan fingerprint density at radius 2 is 2.00 bits per heavy atom. The van der Waals surface area contributed by atoms with E-state index in [0.29, 0.717) is 0 Å². The van der Waals surface area contributed by atoms with Gasteiger partial charge in [-0.2, -0.15) is 5.26 Å². The highest BCUT2D eigenvalue weighted by Crippen LogP contribution is 2.32. The summed E-state index contributed by atoms with van der Waals surface area (Å²) in [6.07, 6.45) is -2.72. The van der Waals surface area contributed by atoms with E-state index in [1.54, 1.807) is 6.07 Å². The molecule has 2 nitrogen and oxygen atoms in total. The summed E-state index contributed by atoms with van der Waals surface area (Å²) in [5, 5.41) is 8.86. The zero-order valence-electron chi connectivity index (χ0n) is 8.38. The molecule has 0 spiro atoms. The lowest BCUT2D eigenvalue weighted by Gasteiger charge is -2.11. The van der Waals surface area contributed by atoms with Crippen molar-refractivity contribution in [2.45, 2.75) is 18.2 Å². The van der Waals surface area contributed by atoms with Gasteiger partial charge in [0.2, 0.25) is 0 Å². The summed E-state index contributed by atoms with van der Waals surface area (Å²) >= 11 is 3.08. The van der Waals surface area contributed by atoms with Crippen LogP contribution in [0.5, 0.6) is 0 Å². The number of halogens is 3. The number of alkyl halides is 3. The van der Waals surface area contributed by atoms with Gasteiger partial charge in [-0.05, 0) is 12.5 Å². The Morgan fingerprint density at radius 1 is 1.44 bits per heavy atom. The van der Waals surface area contributed by atoms with Crippen LogP contribution in [0.4, 0.5) is 8.78 Å². The molecule has 5 heteroatoms. The molecule has 1 aromatic carbocycles. The van der Waals surface area contributed by atoms with Crippen LogP contribution >= 0.6 is 15.9 Å².